The summed E-state index contributed by atoms with van der Waals surface area (Å²) in [6.45, 7) is 0.00589. The Balaban J connectivity index is 2.89. The predicted octanol–water partition coefficient (Wildman–Crippen LogP) is 0.678. The second-order valence-electron chi connectivity index (χ2n) is 2.45. The summed E-state index contributed by atoms with van der Waals surface area (Å²) in [5.41, 5.74) is 6.95. The van der Waals surface area contributed by atoms with E-state index >= 15 is 0 Å². The Labute approximate surface area is 76.7 Å². The number of rotatable bonds is 3. The van der Waals surface area contributed by atoms with Crippen molar-refractivity contribution in [3.05, 3.63) is 23.9 Å². The molecule has 0 bridgehead atoms. The maximum atomic E-state index is 8.53. The van der Waals surface area contributed by atoms with Gasteiger partial charge in [-0.3, -0.25) is 0 Å². The Bertz CT molecular complexity index is 310. The molecule has 4 heteroatoms. The monoisotopic (exact) mass is 180 g/mol. The van der Waals surface area contributed by atoms with Crippen molar-refractivity contribution in [2.45, 2.75) is 0 Å². The van der Waals surface area contributed by atoms with Gasteiger partial charge in [-0.15, -0.1) is 0 Å². The highest BCUT2D eigenvalue weighted by molar-refractivity contribution is 5.58. The van der Waals surface area contributed by atoms with Crippen molar-refractivity contribution in [2.75, 3.05) is 19.5 Å². The Kier molecular flexibility index (Phi) is 3.28. The van der Waals surface area contributed by atoms with Crippen molar-refractivity contribution in [3.63, 3.8) is 0 Å². The largest absolute Gasteiger partial charge is 0.480 e. The average Bonchev–Trinajstić information content (AvgIpc) is 2.15. The molecule has 4 nitrogen and oxygen atoms in total. The predicted molar refractivity (Wildman–Crippen MR) is 51.3 cm³/mol. The summed E-state index contributed by atoms with van der Waals surface area (Å²) in [6.07, 6.45) is 4.98. The van der Waals surface area contributed by atoms with E-state index in [1.165, 1.54) is 7.11 Å². The van der Waals surface area contributed by atoms with Crippen molar-refractivity contribution in [1.29, 1.82) is 0 Å². The summed E-state index contributed by atoms with van der Waals surface area (Å²) in [4.78, 5) is 3.97. The van der Waals surface area contributed by atoms with Crippen LogP contribution in [0, 0.1) is 0 Å². The summed E-state index contributed by atoms with van der Waals surface area (Å²) >= 11 is 0. The highest BCUT2D eigenvalue weighted by Crippen LogP contribution is 2.18. The van der Waals surface area contributed by atoms with Crippen LogP contribution in [0.2, 0.25) is 0 Å². The minimum atomic E-state index is 0.00589. The van der Waals surface area contributed by atoms with Crippen LogP contribution in [0.25, 0.3) is 6.08 Å². The fourth-order valence-electron chi connectivity index (χ4n) is 0.937. The number of pyridine rings is 1. The van der Waals surface area contributed by atoms with Gasteiger partial charge in [0.1, 0.15) is 0 Å². The number of ether oxygens (including phenoxy) is 1. The Morgan fingerprint density at radius 3 is 3.00 bits per heavy atom. The number of hydrogen-bond acceptors (Lipinski definition) is 4. The van der Waals surface area contributed by atoms with E-state index in [-0.39, 0.29) is 6.61 Å². The first kappa shape index (κ1) is 9.54. The Hall–Kier alpha value is -1.55. The topological polar surface area (TPSA) is 68.4 Å². The molecule has 0 aliphatic heterocycles. The molecule has 0 aliphatic rings. The molecule has 70 valence electrons. The van der Waals surface area contributed by atoms with E-state index in [0.717, 1.165) is 5.56 Å². The van der Waals surface area contributed by atoms with Crippen LogP contribution in [0.15, 0.2) is 18.3 Å². The first-order valence-electron chi connectivity index (χ1n) is 3.85. The highest BCUT2D eigenvalue weighted by atomic mass is 16.5. The van der Waals surface area contributed by atoms with Crippen LogP contribution in [0.5, 0.6) is 5.88 Å². The van der Waals surface area contributed by atoms with E-state index in [2.05, 4.69) is 4.98 Å². The zero-order valence-corrected chi connectivity index (χ0v) is 7.40. The fourth-order valence-corrected chi connectivity index (χ4v) is 0.937. The van der Waals surface area contributed by atoms with Gasteiger partial charge in [0.2, 0.25) is 5.88 Å². The second kappa shape index (κ2) is 4.47. The van der Waals surface area contributed by atoms with Gasteiger partial charge in [-0.2, -0.15) is 0 Å². The Morgan fingerprint density at radius 2 is 2.46 bits per heavy atom. The zero-order chi connectivity index (χ0) is 9.68. The van der Waals surface area contributed by atoms with E-state index in [4.69, 9.17) is 15.6 Å². The summed E-state index contributed by atoms with van der Waals surface area (Å²) in [6, 6.07) is 1.73. The summed E-state index contributed by atoms with van der Waals surface area (Å²) in [5, 5.41) is 8.53. The van der Waals surface area contributed by atoms with Crippen LogP contribution in [-0.2, 0) is 0 Å². The number of hydrogen-bond donors (Lipinski definition) is 2. The van der Waals surface area contributed by atoms with Crippen LogP contribution >= 0.6 is 0 Å². The lowest BCUT2D eigenvalue weighted by atomic mass is 10.2. The molecule has 1 aromatic heterocycles. The molecule has 0 amide bonds. The molecule has 1 rings (SSSR count). The average molecular weight is 180 g/mol. The van der Waals surface area contributed by atoms with Crippen molar-refractivity contribution in [1.82, 2.24) is 4.98 Å². The number of aromatic nitrogens is 1. The smallest absolute Gasteiger partial charge is 0.236 e. The first-order chi connectivity index (χ1) is 6.27. The lowest BCUT2D eigenvalue weighted by Crippen LogP contribution is -1.95. The number of nitrogens with two attached hydrogens (primary N) is 1. The van der Waals surface area contributed by atoms with Crippen LogP contribution in [0.1, 0.15) is 5.56 Å². The second-order valence-corrected chi connectivity index (χ2v) is 2.45. The van der Waals surface area contributed by atoms with Gasteiger partial charge < -0.3 is 15.6 Å². The number of aliphatic hydroxyl groups is 1. The summed E-state index contributed by atoms with van der Waals surface area (Å²) < 4.78 is 4.89. The van der Waals surface area contributed by atoms with Gasteiger partial charge in [0.15, 0.2) is 0 Å². The molecule has 0 spiro atoms. The van der Waals surface area contributed by atoms with Crippen LogP contribution in [0.4, 0.5) is 5.69 Å². The molecule has 0 radical (unpaired) electrons. The quantitative estimate of drug-likeness (QED) is 0.717. The first-order valence-corrected chi connectivity index (χ1v) is 3.85. The zero-order valence-electron chi connectivity index (χ0n) is 7.40. The van der Waals surface area contributed by atoms with E-state index in [0.29, 0.717) is 11.6 Å². The maximum Gasteiger partial charge on any atom is 0.236 e. The number of nitrogens with zero attached hydrogens (tertiary/aromatic N) is 1. The number of aliphatic hydroxyl groups excluding tert-OH is 1. The molecule has 13 heavy (non-hydrogen) atoms. The molecule has 0 atom stereocenters. The molecule has 0 saturated heterocycles. The van der Waals surface area contributed by atoms with Crippen molar-refractivity contribution >= 4 is 11.8 Å². The van der Waals surface area contributed by atoms with Gasteiger partial charge in [-0.1, -0.05) is 12.2 Å². The van der Waals surface area contributed by atoms with Gasteiger partial charge in [0.05, 0.1) is 19.4 Å². The number of anilines is 1. The SMILES string of the molecule is COc1ncc(C=CCO)cc1N. The lowest BCUT2D eigenvalue weighted by Gasteiger charge is -2.02. The van der Waals surface area contributed by atoms with Gasteiger partial charge >= 0.3 is 0 Å². The van der Waals surface area contributed by atoms with Gasteiger partial charge in [-0.05, 0) is 11.6 Å². The fraction of sp³-hybridized carbons (Fsp3) is 0.222. The van der Waals surface area contributed by atoms with E-state index in [1.807, 2.05) is 0 Å². The summed E-state index contributed by atoms with van der Waals surface area (Å²) in [5.74, 6) is 0.418. The van der Waals surface area contributed by atoms with Crippen LogP contribution in [-0.4, -0.2) is 23.8 Å². The van der Waals surface area contributed by atoms with Crippen molar-refractivity contribution in [3.8, 4) is 5.88 Å². The third-order valence-electron chi connectivity index (χ3n) is 1.51. The van der Waals surface area contributed by atoms with Gasteiger partial charge in [-0.25, -0.2) is 4.98 Å². The van der Waals surface area contributed by atoms with E-state index in [9.17, 15) is 0 Å². The number of methoxy groups -OCH3 is 1. The van der Waals surface area contributed by atoms with Gasteiger partial charge in [0.25, 0.3) is 0 Å². The third-order valence-corrected chi connectivity index (χ3v) is 1.51. The molecule has 3 N–H and O–H groups in total. The molecular formula is C9H12N2O2. The minimum absolute atomic E-state index is 0.00589. The molecule has 0 unspecified atom stereocenters. The van der Waals surface area contributed by atoms with Crippen LogP contribution < -0.4 is 10.5 Å². The van der Waals surface area contributed by atoms with E-state index in [1.54, 1.807) is 24.4 Å². The minimum Gasteiger partial charge on any atom is -0.480 e. The van der Waals surface area contributed by atoms with Crippen molar-refractivity contribution in [2.24, 2.45) is 0 Å². The molecule has 0 aromatic carbocycles. The van der Waals surface area contributed by atoms with Crippen molar-refractivity contribution < 1.29 is 9.84 Å². The standard InChI is InChI=1S/C9H12N2O2/c1-13-9-8(10)5-7(6-11-9)3-2-4-12/h2-3,5-6,12H,4,10H2,1H3. The molecule has 1 heterocycles. The van der Waals surface area contributed by atoms with Crippen LogP contribution in [0.3, 0.4) is 0 Å². The highest BCUT2D eigenvalue weighted by Gasteiger charge is 1.99. The lowest BCUT2D eigenvalue weighted by molar-refractivity contribution is 0.343. The van der Waals surface area contributed by atoms with E-state index < -0.39 is 0 Å². The normalized spacial score (nSPS) is 10.6. The molecular weight excluding hydrogens is 168 g/mol. The number of nitrogen functional groups attached to an aromatic ring is 1. The Morgan fingerprint density at radius 1 is 1.69 bits per heavy atom. The molecule has 0 aliphatic carbocycles. The third kappa shape index (κ3) is 2.45. The molecule has 0 saturated carbocycles. The van der Waals surface area contributed by atoms with Gasteiger partial charge in [0, 0.05) is 6.20 Å². The summed E-state index contributed by atoms with van der Waals surface area (Å²) in [7, 11) is 1.52. The molecule has 0 fully saturated rings. The maximum absolute atomic E-state index is 8.53. The molecule has 1 aromatic rings.